The van der Waals surface area contributed by atoms with Crippen molar-refractivity contribution in [2.45, 2.75) is 33.4 Å². The summed E-state index contributed by atoms with van der Waals surface area (Å²) in [5.41, 5.74) is 9.14. The van der Waals surface area contributed by atoms with Crippen LogP contribution in [0.5, 0.6) is 5.75 Å². The highest BCUT2D eigenvalue weighted by molar-refractivity contribution is 6.30. The molecule has 0 bridgehead atoms. The number of halogens is 3. The van der Waals surface area contributed by atoms with Crippen molar-refractivity contribution in [2.75, 3.05) is 6.54 Å². The Kier molecular flexibility index (Phi) is 9.40. The molecule has 3 rings (SSSR count). The Balaban J connectivity index is 0.00000182. The van der Waals surface area contributed by atoms with E-state index in [1.807, 2.05) is 24.3 Å². The van der Waals surface area contributed by atoms with E-state index in [4.69, 9.17) is 27.1 Å². The van der Waals surface area contributed by atoms with Crippen LogP contribution in [0.3, 0.4) is 0 Å². The highest BCUT2D eigenvalue weighted by Gasteiger charge is 2.13. The number of para-hydroxylation sites is 1. The van der Waals surface area contributed by atoms with Crippen molar-refractivity contribution in [1.82, 2.24) is 9.55 Å². The molecule has 0 spiro atoms. The fourth-order valence-electron chi connectivity index (χ4n) is 2.84. The van der Waals surface area contributed by atoms with E-state index in [0.717, 1.165) is 35.6 Å². The van der Waals surface area contributed by atoms with Gasteiger partial charge < -0.3 is 15.0 Å². The van der Waals surface area contributed by atoms with Crippen molar-refractivity contribution in [3.63, 3.8) is 0 Å². The lowest BCUT2D eigenvalue weighted by molar-refractivity contribution is 0.288. The molecule has 1 heterocycles. The summed E-state index contributed by atoms with van der Waals surface area (Å²) in [5, 5.41) is 0.700. The number of hydrogen-bond acceptors (Lipinski definition) is 3. The van der Waals surface area contributed by atoms with Gasteiger partial charge in [-0.05, 0) is 61.7 Å². The van der Waals surface area contributed by atoms with Gasteiger partial charge in [0.05, 0.1) is 11.0 Å². The minimum absolute atomic E-state index is 0. The lowest BCUT2D eigenvalue weighted by Crippen LogP contribution is -2.15. The SMILES string of the molecule is Cc1cccc2c1nc(COc1ccc(Cl)cc1)n2CCC(C)CN.Cl.Cl. The summed E-state index contributed by atoms with van der Waals surface area (Å²) >= 11 is 5.93. The fraction of sp³-hybridized carbons (Fsp3) is 0.350. The molecular formula is C20H26Cl3N3O. The number of benzene rings is 2. The van der Waals surface area contributed by atoms with Crippen molar-refractivity contribution in [2.24, 2.45) is 11.7 Å². The molecule has 4 nitrogen and oxygen atoms in total. The smallest absolute Gasteiger partial charge is 0.148 e. The van der Waals surface area contributed by atoms with Crippen LogP contribution in [0, 0.1) is 12.8 Å². The normalized spacial score (nSPS) is 11.6. The first-order valence-electron chi connectivity index (χ1n) is 8.61. The van der Waals surface area contributed by atoms with Crippen LogP contribution in [0.2, 0.25) is 5.02 Å². The van der Waals surface area contributed by atoms with Crippen LogP contribution in [0.1, 0.15) is 24.7 Å². The zero-order chi connectivity index (χ0) is 17.8. The van der Waals surface area contributed by atoms with E-state index >= 15 is 0 Å². The maximum absolute atomic E-state index is 5.93. The second-order valence-corrected chi connectivity index (χ2v) is 6.93. The molecular weight excluding hydrogens is 405 g/mol. The van der Waals surface area contributed by atoms with E-state index in [2.05, 4.69) is 36.6 Å². The van der Waals surface area contributed by atoms with Gasteiger partial charge in [-0.15, -0.1) is 24.8 Å². The zero-order valence-corrected chi connectivity index (χ0v) is 17.9. The summed E-state index contributed by atoms with van der Waals surface area (Å²) in [4.78, 5) is 4.83. The standard InChI is InChI=1S/C20H24ClN3O.2ClH/c1-14(12-22)10-11-24-18-5-3-4-15(2)20(18)23-19(24)13-25-17-8-6-16(21)7-9-17;;/h3-9,14H,10-13,22H2,1-2H3;2*1H. The van der Waals surface area contributed by atoms with Gasteiger partial charge in [-0.25, -0.2) is 4.98 Å². The minimum Gasteiger partial charge on any atom is -0.486 e. The zero-order valence-electron chi connectivity index (χ0n) is 15.5. The van der Waals surface area contributed by atoms with Crippen LogP contribution in [0.25, 0.3) is 11.0 Å². The lowest BCUT2D eigenvalue weighted by atomic mass is 10.1. The number of hydrogen-bond donors (Lipinski definition) is 1. The Labute approximate surface area is 177 Å². The van der Waals surface area contributed by atoms with E-state index in [0.29, 0.717) is 24.1 Å². The fourth-order valence-corrected chi connectivity index (χ4v) is 2.97. The predicted octanol–water partition coefficient (Wildman–Crippen LogP) is 5.41. The molecule has 0 aliphatic carbocycles. The van der Waals surface area contributed by atoms with Gasteiger partial charge in [-0.3, -0.25) is 0 Å². The highest BCUT2D eigenvalue weighted by Crippen LogP contribution is 2.23. The quantitative estimate of drug-likeness (QED) is 0.545. The second kappa shape index (κ2) is 10.8. The van der Waals surface area contributed by atoms with Crippen molar-refractivity contribution in [1.29, 1.82) is 0 Å². The van der Waals surface area contributed by atoms with Gasteiger partial charge in [0.15, 0.2) is 0 Å². The van der Waals surface area contributed by atoms with Crippen molar-refractivity contribution >= 4 is 47.4 Å². The summed E-state index contributed by atoms with van der Waals surface area (Å²) < 4.78 is 8.18. The number of aromatic nitrogens is 2. The molecule has 1 unspecified atom stereocenters. The van der Waals surface area contributed by atoms with Crippen LogP contribution >= 0.6 is 36.4 Å². The Bertz CT molecular complexity index is 850. The van der Waals surface area contributed by atoms with E-state index in [-0.39, 0.29) is 24.8 Å². The molecule has 0 fully saturated rings. The molecule has 7 heteroatoms. The molecule has 1 aromatic heterocycles. The summed E-state index contributed by atoms with van der Waals surface area (Å²) in [6, 6.07) is 13.7. The Hall–Kier alpha value is -1.46. The van der Waals surface area contributed by atoms with Gasteiger partial charge in [0.25, 0.3) is 0 Å². The average Bonchev–Trinajstić information content (AvgIpc) is 2.98. The summed E-state index contributed by atoms with van der Waals surface area (Å²) in [6.07, 6.45) is 1.02. The second-order valence-electron chi connectivity index (χ2n) is 6.49. The summed E-state index contributed by atoms with van der Waals surface area (Å²) in [6.45, 7) is 6.27. The van der Waals surface area contributed by atoms with E-state index in [9.17, 15) is 0 Å². The van der Waals surface area contributed by atoms with Crippen LogP contribution in [-0.2, 0) is 13.2 Å². The molecule has 0 radical (unpaired) electrons. The monoisotopic (exact) mass is 429 g/mol. The van der Waals surface area contributed by atoms with E-state index in [1.165, 1.54) is 5.56 Å². The van der Waals surface area contributed by atoms with E-state index < -0.39 is 0 Å². The average molecular weight is 431 g/mol. The van der Waals surface area contributed by atoms with Gasteiger partial charge in [0.2, 0.25) is 0 Å². The van der Waals surface area contributed by atoms with Gasteiger partial charge in [0.1, 0.15) is 18.2 Å². The maximum Gasteiger partial charge on any atom is 0.148 e. The van der Waals surface area contributed by atoms with Gasteiger partial charge in [-0.1, -0.05) is 30.7 Å². The first-order chi connectivity index (χ1) is 12.1. The number of fused-ring (bicyclic) bond motifs is 1. The third-order valence-electron chi connectivity index (χ3n) is 4.49. The third-order valence-corrected chi connectivity index (χ3v) is 4.74. The van der Waals surface area contributed by atoms with Gasteiger partial charge in [0, 0.05) is 11.6 Å². The summed E-state index contributed by atoms with van der Waals surface area (Å²) in [7, 11) is 0. The first kappa shape index (κ1) is 23.6. The molecule has 2 N–H and O–H groups in total. The number of ether oxygens (including phenoxy) is 1. The van der Waals surface area contributed by atoms with Crippen molar-refractivity contribution < 1.29 is 4.74 Å². The topological polar surface area (TPSA) is 53.1 Å². The molecule has 0 aliphatic heterocycles. The molecule has 0 amide bonds. The number of rotatable bonds is 7. The Morgan fingerprint density at radius 2 is 1.85 bits per heavy atom. The third kappa shape index (κ3) is 5.76. The van der Waals surface area contributed by atoms with Crippen molar-refractivity contribution in [3.05, 3.63) is 58.9 Å². The molecule has 3 aromatic rings. The molecule has 2 aromatic carbocycles. The molecule has 0 saturated heterocycles. The molecule has 27 heavy (non-hydrogen) atoms. The summed E-state index contributed by atoms with van der Waals surface area (Å²) in [5.74, 6) is 2.20. The molecule has 0 saturated carbocycles. The highest BCUT2D eigenvalue weighted by atomic mass is 35.5. The predicted molar refractivity (Wildman–Crippen MR) is 118 cm³/mol. The lowest BCUT2D eigenvalue weighted by Gasteiger charge is -2.13. The minimum atomic E-state index is 0. The van der Waals surface area contributed by atoms with Crippen LogP contribution in [0.15, 0.2) is 42.5 Å². The van der Waals surface area contributed by atoms with Crippen LogP contribution in [0.4, 0.5) is 0 Å². The van der Waals surface area contributed by atoms with Crippen LogP contribution < -0.4 is 10.5 Å². The molecule has 0 aliphatic rings. The van der Waals surface area contributed by atoms with E-state index in [1.54, 1.807) is 0 Å². The van der Waals surface area contributed by atoms with Gasteiger partial charge in [-0.2, -0.15) is 0 Å². The van der Waals surface area contributed by atoms with Gasteiger partial charge >= 0.3 is 0 Å². The Morgan fingerprint density at radius 1 is 1.15 bits per heavy atom. The van der Waals surface area contributed by atoms with Crippen molar-refractivity contribution in [3.8, 4) is 5.75 Å². The number of nitrogens with zero attached hydrogens (tertiary/aromatic N) is 2. The Morgan fingerprint density at radius 3 is 2.52 bits per heavy atom. The largest absolute Gasteiger partial charge is 0.486 e. The molecule has 148 valence electrons. The first-order valence-corrected chi connectivity index (χ1v) is 8.99. The number of imidazole rings is 1. The number of nitrogens with two attached hydrogens (primary N) is 1. The molecule has 1 atom stereocenters. The maximum atomic E-state index is 5.93. The number of aryl methyl sites for hydroxylation is 2. The van der Waals surface area contributed by atoms with Crippen LogP contribution in [-0.4, -0.2) is 16.1 Å².